The molecular weight excluding hydrogens is 292 g/mol. The lowest BCUT2D eigenvalue weighted by atomic mass is 10.1. The molecule has 0 saturated heterocycles. The van der Waals surface area contributed by atoms with Crippen LogP contribution in [0.3, 0.4) is 0 Å². The normalized spacial score (nSPS) is 10.0. The minimum absolute atomic E-state index is 0.0126. The Hall–Kier alpha value is -3.42. The van der Waals surface area contributed by atoms with Gasteiger partial charge in [0, 0.05) is 17.7 Å². The highest BCUT2D eigenvalue weighted by Gasteiger charge is 2.16. The quantitative estimate of drug-likeness (QED) is 0.451. The van der Waals surface area contributed by atoms with Gasteiger partial charge in [0.2, 0.25) is 0 Å². The Balaban J connectivity index is 2.31. The number of nitrogens with one attached hydrogen (secondary N) is 1. The zero-order chi connectivity index (χ0) is 16.3. The van der Waals surface area contributed by atoms with Crippen LogP contribution in [0.4, 0.5) is 11.4 Å². The van der Waals surface area contributed by atoms with Crippen LogP contribution in [0.2, 0.25) is 0 Å². The van der Waals surface area contributed by atoms with Crippen molar-refractivity contribution in [1.29, 1.82) is 0 Å². The van der Waals surface area contributed by atoms with Crippen LogP contribution in [0.5, 0.6) is 5.75 Å². The summed E-state index contributed by atoms with van der Waals surface area (Å²) < 4.78 is 0. The smallest absolute Gasteiger partial charge is 0.337 e. The van der Waals surface area contributed by atoms with Gasteiger partial charge in [-0.05, 0) is 24.3 Å². The fourth-order valence-corrected chi connectivity index (χ4v) is 1.77. The number of amides is 1. The third kappa shape index (κ3) is 3.18. The van der Waals surface area contributed by atoms with E-state index in [1.54, 1.807) is 0 Å². The number of carbonyl (C=O) groups excluding carboxylic acids is 1. The van der Waals surface area contributed by atoms with Crippen molar-refractivity contribution in [3.8, 4) is 5.75 Å². The van der Waals surface area contributed by atoms with Crippen molar-refractivity contribution < 1.29 is 24.7 Å². The van der Waals surface area contributed by atoms with E-state index in [0.29, 0.717) is 0 Å². The van der Waals surface area contributed by atoms with Gasteiger partial charge in [0.05, 0.1) is 16.2 Å². The predicted molar refractivity (Wildman–Crippen MR) is 76.1 cm³/mol. The lowest BCUT2D eigenvalue weighted by Gasteiger charge is -2.09. The van der Waals surface area contributed by atoms with Gasteiger partial charge >= 0.3 is 5.97 Å². The standard InChI is InChI=1S/C14H10N2O6/c17-10-4-5-12(11(7-10)14(19)20)15-13(18)8-2-1-3-9(6-8)16(21)22/h1-7,17H,(H,15,18)(H,19,20). The highest BCUT2D eigenvalue weighted by molar-refractivity contribution is 6.08. The predicted octanol–water partition coefficient (Wildman–Crippen LogP) is 2.25. The summed E-state index contributed by atoms with van der Waals surface area (Å²) >= 11 is 0. The SMILES string of the molecule is O=C(Nc1ccc(O)cc1C(=O)O)c1cccc([N+](=O)[O-])c1. The number of carboxylic acids is 1. The van der Waals surface area contributed by atoms with E-state index in [0.717, 1.165) is 12.1 Å². The molecule has 2 rings (SSSR count). The number of non-ortho nitro benzene ring substituents is 1. The fraction of sp³-hybridized carbons (Fsp3) is 0. The second kappa shape index (κ2) is 5.92. The molecule has 22 heavy (non-hydrogen) atoms. The first-order valence-corrected chi connectivity index (χ1v) is 6.00. The minimum Gasteiger partial charge on any atom is -0.508 e. The van der Waals surface area contributed by atoms with Gasteiger partial charge in [0.15, 0.2) is 0 Å². The second-order valence-electron chi connectivity index (χ2n) is 4.30. The van der Waals surface area contributed by atoms with Crippen LogP contribution in [0.15, 0.2) is 42.5 Å². The Bertz CT molecular complexity index is 772. The van der Waals surface area contributed by atoms with Gasteiger partial charge in [-0.1, -0.05) is 6.07 Å². The summed E-state index contributed by atoms with van der Waals surface area (Å²) in [6, 6.07) is 8.47. The van der Waals surface area contributed by atoms with Gasteiger partial charge in [-0.25, -0.2) is 4.79 Å². The molecule has 1 amide bonds. The summed E-state index contributed by atoms with van der Waals surface area (Å²) in [5.74, 6) is -2.28. The molecule has 0 fully saturated rings. The molecule has 0 bridgehead atoms. The average molecular weight is 302 g/mol. The molecule has 0 aliphatic rings. The number of carboxylic acid groups (broad SMARTS) is 1. The number of anilines is 1. The number of nitro groups is 1. The van der Waals surface area contributed by atoms with Gasteiger partial charge in [0.25, 0.3) is 11.6 Å². The van der Waals surface area contributed by atoms with Gasteiger partial charge in [-0.3, -0.25) is 14.9 Å². The topological polar surface area (TPSA) is 130 Å². The minimum atomic E-state index is -1.33. The zero-order valence-corrected chi connectivity index (χ0v) is 11.0. The molecule has 0 aliphatic carbocycles. The van der Waals surface area contributed by atoms with Crippen molar-refractivity contribution in [3.63, 3.8) is 0 Å². The largest absolute Gasteiger partial charge is 0.508 e. The monoisotopic (exact) mass is 302 g/mol. The number of nitrogens with zero attached hydrogens (tertiary/aromatic N) is 1. The number of hydrogen-bond donors (Lipinski definition) is 3. The van der Waals surface area contributed by atoms with Crippen LogP contribution in [0, 0.1) is 10.1 Å². The molecule has 8 nitrogen and oxygen atoms in total. The molecule has 0 radical (unpaired) electrons. The van der Waals surface area contributed by atoms with E-state index in [1.165, 1.54) is 30.3 Å². The Kier molecular flexibility index (Phi) is 4.03. The first-order valence-electron chi connectivity index (χ1n) is 6.00. The van der Waals surface area contributed by atoms with Crippen molar-refractivity contribution in [2.75, 3.05) is 5.32 Å². The first kappa shape index (κ1) is 15.0. The molecule has 0 heterocycles. The fourth-order valence-electron chi connectivity index (χ4n) is 1.77. The number of phenols is 1. The molecule has 0 unspecified atom stereocenters. The molecule has 112 valence electrons. The van der Waals surface area contributed by atoms with Crippen LogP contribution < -0.4 is 5.32 Å². The van der Waals surface area contributed by atoms with Crippen molar-refractivity contribution in [1.82, 2.24) is 0 Å². The summed E-state index contributed by atoms with van der Waals surface area (Å²) in [4.78, 5) is 33.2. The number of carbonyl (C=O) groups is 2. The summed E-state index contributed by atoms with van der Waals surface area (Å²) in [6.45, 7) is 0. The number of aromatic hydroxyl groups is 1. The summed E-state index contributed by atoms with van der Waals surface area (Å²) in [7, 11) is 0. The maximum Gasteiger partial charge on any atom is 0.337 e. The van der Waals surface area contributed by atoms with Crippen molar-refractivity contribution in [2.24, 2.45) is 0 Å². The highest BCUT2D eigenvalue weighted by Crippen LogP contribution is 2.22. The molecule has 3 N–H and O–H groups in total. The molecule has 2 aromatic carbocycles. The summed E-state index contributed by atoms with van der Waals surface area (Å²) in [6.07, 6.45) is 0. The zero-order valence-electron chi connectivity index (χ0n) is 11.0. The molecule has 0 saturated carbocycles. The number of rotatable bonds is 4. The Morgan fingerprint density at radius 2 is 1.86 bits per heavy atom. The third-order valence-electron chi connectivity index (χ3n) is 2.80. The Morgan fingerprint density at radius 1 is 1.14 bits per heavy atom. The van der Waals surface area contributed by atoms with E-state index in [4.69, 9.17) is 5.11 Å². The van der Waals surface area contributed by atoms with E-state index >= 15 is 0 Å². The number of phenolic OH excluding ortho intramolecular Hbond substituents is 1. The molecule has 0 spiro atoms. The van der Waals surface area contributed by atoms with Gasteiger partial charge in [0.1, 0.15) is 5.75 Å². The molecule has 0 atom stereocenters. The van der Waals surface area contributed by atoms with E-state index in [2.05, 4.69) is 5.32 Å². The lowest BCUT2D eigenvalue weighted by molar-refractivity contribution is -0.384. The van der Waals surface area contributed by atoms with E-state index in [-0.39, 0.29) is 28.3 Å². The maximum absolute atomic E-state index is 12.1. The third-order valence-corrected chi connectivity index (χ3v) is 2.80. The molecule has 2 aromatic rings. The number of nitro benzene ring substituents is 1. The van der Waals surface area contributed by atoms with E-state index in [9.17, 15) is 24.8 Å². The summed E-state index contributed by atoms with van der Waals surface area (Å²) in [5, 5.41) is 31.4. The number of aromatic carboxylic acids is 1. The average Bonchev–Trinajstić information content (AvgIpc) is 2.48. The first-order chi connectivity index (χ1) is 10.4. The van der Waals surface area contributed by atoms with Crippen molar-refractivity contribution in [3.05, 3.63) is 63.7 Å². The maximum atomic E-state index is 12.1. The molecular formula is C14H10N2O6. The van der Waals surface area contributed by atoms with Crippen molar-refractivity contribution in [2.45, 2.75) is 0 Å². The molecule has 0 aromatic heterocycles. The van der Waals surface area contributed by atoms with E-state index in [1.807, 2.05) is 0 Å². The number of hydrogen-bond acceptors (Lipinski definition) is 5. The van der Waals surface area contributed by atoms with Crippen LogP contribution in [-0.2, 0) is 0 Å². The van der Waals surface area contributed by atoms with Gasteiger partial charge in [-0.2, -0.15) is 0 Å². The Labute approximate surface area is 123 Å². The Morgan fingerprint density at radius 3 is 2.50 bits per heavy atom. The molecule has 8 heteroatoms. The highest BCUT2D eigenvalue weighted by atomic mass is 16.6. The van der Waals surface area contributed by atoms with E-state index < -0.39 is 16.8 Å². The van der Waals surface area contributed by atoms with Crippen LogP contribution in [0.1, 0.15) is 20.7 Å². The van der Waals surface area contributed by atoms with Gasteiger partial charge in [-0.15, -0.1) is 0 Å². The summed E-state index contributed by atoms with van der Waals surface area (Å²) in [5.41, 5.74) is -0.559. The van der Waals surface area contributed by atoms with Gasteiger partial charge < -0.3 is 15.5 Å². The molecule has 0 aliphatic heterocycles. The van der Waals surface area contributed by atoms with Crippen molar-refractivity contribution >= 4 is 23.3 Å². The van der Waals surface area contributed by atoms with Crippen LogP contribution in [-0.4, -0.2) is 27.0 Å². The van der Waals surface area contributed by atoms with Crippen LogP contribution >= 0.6 is 0 Å². The lowest BCUT2D eigenvalue weighted by Crippen LogP contribution is -2.15. The second-order valence-corrected chi connectivity index (χ2v) is 4.30. The van der Waals surface area contributed by atoms with Crippen LogP contribution in [0.25, 0.3) is 0 Å². The number of benzene rings is 2.